The van der Waals surface area contributed by atoms with Crippen molar-refractivity contribution in [2.75, 3.05) is 23.9 Å². The van der Waals surface area contributed by atoms with E-state index in [4.69, 9.17) is 4.74 Å². The van der Waals surface area contributed by atoms with Crippen molar-refractivity contribution in [2.24, 2.45) is 0 Å². The lowest BCUT2D eigenvalue weighted by Crippen LogP contribution is -2.33. The number of ether oxygens (including phenoxy) is 1. The van der Waals surface area contributed by atoms with Gasteiger partial charge in [0.2, 0.25) is 5.91 Å². The SMILES string of the molecule is CN1C(=O)C(C)(C)c2cc(NC(=O)C3CCCO3)ccc21. The molecule has 1 unspecified atom stereocenters. The molecule has 0 spiro atoms. The second-order valence-electron chi connectivity index (χ2n) is 6.21. The Labute approximate surface area is 124 Å². The van der Waals surface area contributed by atoms with E-state index in [1.54, 1.807) is 11.9 Å². The third-order valence-electron chi connectivity index (χ3n) is 4.36. The summed E-state index contributed by atoms with van der Waals surface area (Å²) in [6.07, 6.45) is 1.34. The van der Waals surface area contributed by atoms with Crippen LogP contribution < -0.4 is 10.2 Å². The number of likely N-dealkylation sites (N-methyl/N-ethyl adjacent to an activating group) is 1. The number of rotatable bonds is 2. The van der Waals surface area contributed by atoms with Crippen LogP contribution in [0.15, 0.2) is 18.2 Å². The third-order valence-corrected chi connectivity index (χ3v) is 4.36. The fourth-order valence-corrected chi connectivity index (χ4v) is 3.06. The van der Waals surface area contributed by atoms with Crippen molar-refractivity contribution in [1.29, 1.82) is 0 Å². The number of anilines is 2. The number of carbonyl (C=O) groups is 2. The van der Waals surface area contributed by atoms with Crippen molar-refractivity contribution in [2.45, 2.75) is 38.2 Å². The van der Waals surface area contributed by atoms with Gasteiger partial charge < -0.3 is 15.0 Å². The molecule has 1 saturated heterocycles. The number of hydrogen-bond acceptors (Lipinski definition) is 3. The summed E-state index contributed by atoms with van der Waals surface area (Å²) in [5, 5.41) is 2.89. The number of amides is 2. The highest BCUT2D eigenvalue weighted by Gasteiger charge is 2.42. The molecule has 0 bridgehead atoms. The first-order valence-corrected chi connectivity index (χ1v) is 7.26. The highest BCUT2D eigenvalue weighted by molar-refractivity contribution is 6.08. The highest BCUT2D eigenvalue weighted by Crippen LogP contribution is 2.41. The first-order chi connectivity index (χ1) is 9.91. The summed E-state index contributed by atoms with van der Waals surface area (Å²) < 4.78 is 5.38. The largest absolute Gasteiger partial charge is 0.368 e. The van der Waals surface area contributed by atoms with E-state index in [0.717, 1.165) is 24.1 Å². The van der Waals surface area contributed by atoms with Gasteiger partial charge in [0.05, 0.1) is 5.41 Å². The van der Waals surface area contributed by atoms with Crippen LogP contribution in [0.4, 0.5) is 11.4 Å². The van der Waals surface area contributed by atoms with Crippen LogP contribution in [0, 0.1) is 0 Å². The summed E-state index contributed by atoms with van der Waals surface area (Å²) in [6, 6.07) is 5.60. The minimum Gasteiger partial charge on any atom is -0.368 e. The summed E-state index contributed by atoms with van der Waals surface area (Å²) in [6.45, 7) is 4.46. The van der Waals surface area contributed by atoms with E-state index >= 15 is 0 Å². The second-order valence-corrected chi connectivity index (χ2v) is 6.21. The molecule has 3 rings (SSSR count). The van der Waals surface area contributed by atoms with Gasteiger partial charge in [-0.1, -0.05) is 0 Å². The Bertz CT molecular complexity index is 604. The van der Waals surface area contributed by atoms with Crippen LogP contribution in [0.3, 0.4) is 0 Å². The van der Waals surface area contributed by atoms with Gasteiger partial charge in [-0.25, -0.2) is 0 Å². The van der Waals surface area contributed by atoms with Crippen molar-refractivity contribution in [3.63, 3.8) is 0 Å². The molecule has 112 valence electrons. The van der Waals surface area contributed by atoms with Gasteiger partial charge >= 0.3 is 0 Å². The van der Waals surface area contributed by atoms with Crippen LogP contribution in [0.5, 0.6) is 0 Å². The zero-order valence-corrected chi connectivity index (χ0v) is 12.6. The molecule has 5 nitrogen and oxygen atoms in total. The van der Waals surface area contributed by atoms with E-state index in [-0.39, 0.29) is 17.9 Å². The second kappa shape index (κ2) is 4.84. The van der Waals surface area contributed by atoms with E-state index in [0.29, 0.717) is 12.3 Å². The van der Waals surface area contributed by atoms with Crippen LogP contribution in [0.2, 0.25) is 0 Å². The predicted molar refractivity (Wildman–Crippen MR) is 80.5 cm³/mol. The normalized spacial score (nSPS) is 23.3. The maximum atomic E-state index is 12.2. The van der Waals surface area contributed by atoms with E-state index in [2.05, 4.69) is 5.32 Å². The molecule has 0 aliphatic carbocycles. The van der Waals surface area contributed by atoms with E-state index < -0.39 is 5.41 Å². The molecule has 5 heteroatoms. The van der Waals surface area contributed by atoms with Gasteiger partial charge in [-0.3, -0.25) is 9.59 Å². The predicted octanol–water partition coefficient (Wildman–Crippen LogP) is 2.06. The molecular weight excluding hydrogens is 268 g/mol. The number of benzene rings is 1. The molecule has 1 aromatic rings. The Morgan fingerprint density at radius 2 is 2.19 bits per heavy atom. The Hall–Kier alpha value is -1.88. The van der Waals surface area contributed by atoms with Crippen molar-refractivity contribution in [1.82, 2.24) is 0 Å². The first-order valence-electron chi connectivity index (χ1n) is 7.26. The standard InChI is InChI=1S/C16H20N2O3/c1-16(2)11-9-10(6-7-12(11)18(3)15(16)20)17-14(19)13-5-4-8-21-13/h6-7,9,13H,4-5,8H2,1-3H3,(H,17,19). The molecular formula is C16H20N2O3. The third kappa shape index (κ3) is 2.21. The van der Waals surface area contributed by atoms with Gasteiger partial charge in [-0.05, 0) is 50.5 Å². The number of nitrogens with one attached hydrogen (secondary N) is 1. The molecule has 0 radical (unpaired) electrons. The molecule has 2 aliphatic heterocycles. The fourth-order valence-electron chi connectivity index (χ4n) is 3.06. The summed E-state index contributed by atoms with van der Waals surface area (Å²) in [5.74, 6) is -0.0389. The monoisotopic (exact) mass is 288 g/mol. The maximum absolute atomic E-state index is 12.2. The molecule has 21 heavy (non-hydrogen) atoms. The van der Waals surface area contributed by atoms with Crippen LogP contribution in [0.1, 0.15) is 32.3 Å². The molecule has 0 aromatic heterocycles. The van der Waals surface area contributed by atoms with Crippen LogP contribution in [-0.2, 0) is 19.7 Å². The lowest BCUT2D eigenvalue weighted by atomic mass is 9.86. The van der Waals surface area contributed by atoms with Crippen LogP contribution in [0.25, 0.3) is 0 Å². The molecule has 0 saturated carbocycles. The molecule has 1 atom stereocenters. The van der Waals surface area contributed by atoms with E-state index in [1.807, 2.05) is 32.0 Å². The van der Waals surface area contributed by atoms with E-state index in [9.17, 15) is 9.59 Å². The Balaban J connectivity index is 1.85. The van der Waals surface area contributed by atoms with Crippen LogP contribution >= 0.6 is 0 Å². The zero-order chi connectivity index (χ0) is 15.2. The number of carbonyl (C=O) groups excluding carboxylic acids is 2. The van der Waals surface area contributed by atoms with Crippen molar-refractivity contribution < 1.29 is 14.3 Å². The Morgan fingerprint density at radius 3 is 2.86 bits per heavy atom. The van der Waals surface area contributed by atoms with Gasteiger partial charge in [0, 0.05) is 25.0 Å². The zero-order valence-electron chi connectivity index (χ0n) is 12.6. The summed E-state index contributed by atoms with van der Waals surface area (Å²) in [4.78, 5) is 26.0. The Kier molecular flexibility index (Phi) is 3.24. The van der Waals surface area contributed by atoms with Gasteiger partial charge in [-0.15, -0.1) is 0 Å². The number of hydrogen-bond donors (Lipinski definition) is 1. The van der Waals surface area contributed by atoms with Crippen LogP contribution in [-0.4, -0.2) is 31.6 Å². The maximum Gasteiger partial charge on any atom is 0.253 e. The fraction of sp³-hybridized carbons (Fsp3) is 0.500. The smallest absolute Gasteiger partial charge is 0.253 e. The summed E-state index contributed by atoms with van der Waals surface area (Å²) in [7, 11) is 1.78. The molecule has 1 aromatic carbocycles. The van der Waals surface area contributed by atoms with Gasteiger partial charge in [0.1, 0.15) is 6.10 Å². The quantitative estimate of drug-likeness (QED) is 0.906. The number of nitrogens with zero attached hydrogens (tertiary/aromatic N) is 1. The molecule has 1 N–H and O–H groups in total. The number of fused-ring (bicyclic) bond motifs is 1. The Morgan fingerprint density at radius 1 is 1.43 bits per heavy atom. The molecule has 2 aliphatic rings. The van der Waals surface area contributed by atoms with E-state index in [1.165, 1.54) is 0 Å². The average Bonchev–Trinajstić information content (AvgIpc) is 3.04. The minimum atomic E-state index is -0.561. The topological polar surface area (TPSA) is 58.6 Å². The van der Waals surface area contributed by atoms with Crippen molar-refractivity contribution in [3.05, 3.63) is 23.8 Å². The molecule has 1 fully saturated rings. The lowest BCUT2D eigenvalue weighted by Gasteiger charge is -2.17. The lowest BCUT2D eigenvalue weighted by molar-refractivity contribution is -0.124. The highest BCUT2D eigenvalue weighted by atomic mass is 16.5. The average molecular weight is 288 g/mol. The van der Waals surface area contributed by atoms with Gasteiger partial charge in [0.25, 0.3) is 5.91 Å². The van der Waals surface area contributed by atoms with Gasteiger partial charge in [0.15, 0.2) is 0 Å². The van der Waals surface area contributed by atoms with Gasteiger partial charge in [-0.2, -0.15) is 0 Å². The molecule has 2 heterocycles. The minimum absolute atomic E-state index is 0.0695. The first kappa shape index (κ1) is 14.1. The summed E-state index contributed by atoms with van der Waals surface area (Å²) >= 11 is 0. The van der Waals surface area contributed by atoms with Crippen molar-refractivity contribution in [3.8, 4) is 0 Å². The summed E-state index contributed by atoms with van der Waals surface area (Å²) in [5.41, 5.74) is 2.00. The molecule has 2 amide bonds. The van der Waals surface area contributed by atoms with Crippen molar-refractivity contribution >= 4 is 23.2 Å².